The Morgan fingerprint density at radius 3 is 2.48 bits per heavy atom. The molecule has 4 N–H and O–H groups in total. The summed E-state index contributed by atoms with van der Waals surface area (Å²) in [6, 6.07) is 0. The van der Waals surface area contributed by atoms with Crippen molar-refractivity contribution in [3.8, 4) is 0 Å². The number of carbonyl (C=O) groups excluding carboxylic acids is 1. The third-order valence-corrected chi connectivity index (χ3v) is 4.13. The second kappa shape index (κ2) is 4.88. The molecule has 118 valence electrons. The molecule has 1 fully saturated rings. The van der Waals surface area contributed by atoms with E-state index < -0.39 is 40.9 Å². The Hall–Kier alpha value is -1.80. The highest BCUT2D eigenvalue weighted by atomic mass is 16.6. The Bertz CT molecular complexity index is 508. The van der Waals surface area contributed by atoms with Crippen LogP contribution in [0, 0.1) is 5.41 Å². The number of ether oxygens (including phenoxy) is 2. The fourth-order valence-electron chi connectivity index (χ4n) is 2.51. The summed E-state index contributed by atoms with van der Waals surface area (Å²) in [5.41, 5.74) is -2.66. The van der Waals surface area contributed by atoms with E-state index in [1.807, 2.05) is 0 Å². The number of hydrogen-bond donors (Lipinski definition) is 4. The molecule has 0 aromatic rings. The maximum atomic E-state index is 11.4. The molecule has 0 saturated heterocycles. The molecule has 2 aliphatic rings. The zero-order valence-electron chi connectivity index (χ0n) is 11.7. The fourth-order valence-corrected chi connectivity index (χ4v) is 2.51. The van der Waals surface area contributed by atoms with E-state index in [2.05, 4.69) is 0 Å². The zero-order chi connectivity index (χ0) is 16.0. The number of carboxylic acids is 1. The summed E-state index contributed by atoms with van der Waals surface area (Å²) in [5, 5.41) is 38.4. The van der Waals surface area contributed by atoms with E-state index in [0.29, 0.717) is 0 Å². The molecule has 1 aliphatic carbocycles. The minimum atomic E-state index is -1.74. The summed E-state index contributed by atoms with van der Waals surface area (Å²) >= 11 is 0. The molecular formula is C13H18O8. The van der Waals surface area contributed by atoms with Crippen molar-refractivity contribution in [1.82, 2.24) is 0 Å². The van der Waals surface area contributed by atoms with Gasteiger partial charge in [-0.05, 0) is 6.42 Å². The van der Waals surface area contributed by atoms with Crippen LogP contribution in [0.3, 0.4) is 0 Å². The van der Waals surface area contributed by atoms with Crippen LogP contribution in [-0.4, -0.2) is 56.8 Å². The molecule has 1 saturated carbocycles. The van der Waals surface area contributed by atoms with Crippen LogP contribution in [0.15, 0.2) is 11.5 Å². The van der Waals surface area contributed by atoms with E-state index >= 15 is 0 Å². The summed E-state index contributed by atoms with van der Waals surface area (Å²) in [6.45, 7) is 3.11. The predicted molar refractivity (Wildman–Crippen MR) is 67.1 cm³/mol. The van der Waals surface area contributed by atoms with Gasteiger partial charge < -0.3 is 29.9 Å². The number of carbonyl (C=O) groups is 2. The van der Waals surface area contributed by atoms with Crippen LogP contribution >= 0.6 is 0 Å². The van der Waals surface area contributed by atoms with Gasteiger partial charge >= 0.3 is 11.9 Å². The van der Waals surface area contributed by atoms with Crippen molar-refractivity contribution in [1.29, 1.82) is 0 Å². The molecule has 1 aliphatic heterocycles. The molecule has 8 heteroatoms. The van der Waals surface area contributed by atoms with E-state index in [9.17, 15) is 24.9 Å². The molecular weight excluding hydrogens is 284 g/mol. The number of hydrogen-bond acceptors (Lipinski definition) is 7. The molecule has 8 nitrogen and oxygen atoms in total. The van der Waals surface area contributed by atoms with Crippen LogP contribution in [0.5, 0.6) is 0 Å². The monoisotopic (exact) mass is 302 g/mol. The Balaban J connectivity index is 2.09. The van der Waals surface area contributed by atoms with Gasteiger partial charge in [-0.3, -0.25) is 4.79 Å². The minimum Gasteiger partial charge on any atom is -0.499 e. The normalized spacial score (nSPS) is 33.8. The Morgan fingerprint density at radius 1 is 1.43 bits per heavy atom. The first kappa shape index (κ1) is 15.6. The molecule has 1 unspecified atom stereocenters. The Labute approximate surface area is 120 Å². The summed E-state index contributed by atoms with van der Waals surface area (Å²) in [6.07, 6.45) is -2.41. The lowest BCUT2D eigenvalue weighted by molar-refractivity contribution is -0.151. The van der Waals surface area contributed by atoms with Crippen molar-refractivity contribution in [2.75, 3.05) is 6.61 Å². The van der Waals surface area contributed by atoms with Crippen molar-refractivity contribution in [3.63, 3.8) is 0 Å². The lowest BCUT2D eigenvalue weighted by Crippen LogP contribution is -2.37. The number of carboxylic acid groups (broad SMARTS) is 1. The molecule has 0 amide bonds. The molecule has 3 atom stereocenters. The largest absolute Gasteiger partial charge is 0.499 e. The van der Waals surface area contributed by atoms with E-state index in [1.54, 1.807) is 13.8 Å². The van der Waals surface area contributed by atoms with Gasteiger partial charge in [-0.2, -0.15) is 0 Å². The van der Waals surface area contributed by atoms with Crippen LogP contribution in [-0.2, 0) is 19.1 Å². The van der Waals surface area contributed by atoms with Crippen LogP contribution in [0.2, 0.25) is 0 Å². The van der Waals surface area contributed by atoms with E-state index in [4.69, 9.17) is 14.6 Å². The van der Waals surface area contributed by atoms with Crippen LogP contribution in [0.1, 0.15) is 26.7 Å². The molecule has 21 heavy (non-hydrogen) atoms. The maximum absolute atomic E-state index is 11.4. The van der Waals surface area contributed by atoms with Gasteiger partial charge in [0.1, 0.15) is 5.60 Å². The van der Waals surface area contributed by atoms with Crippen molar-refractivity contribution < 1.29 is 39.5 Å². The highest BCUT2D eigenvalue weighted by molar-refractivity contribution is 5.89. The number of aliphatic carboxylic acids is 1. The van der Waals surface area contributed by atoms with Gasteiger partial charge in [0.2, 0.25) is 5.76 Å². The fraction of sp³-hybridized carbons (Fsp3) is 0.692. The number of esters is 1. The minimum absolute atomic E-state index is 0.0641. The molecule has 0 aromatic heterocycles. The van der Waals surface area contributed by atoms with Gasteiger partial charge in [0.05, 0.1) is 12.7 Å². The highest BCUT2D eigenvalue weighted by Crippen LogP contribution is 2.60. The molecule has 2 rings (SSSR count). The summed E-state index contributed by atoms with van der Waals surface area (Å²) in [7, 11) is 0. The molecule has 0 radical (unpaired) electrons. The van der Waals surface area contributed by atoms with Crippen LogP contribution in [0.4, 0.5) is 0 Å². The van der Waals surface area contributed by atoms with Crippen molar-refractivity contribution in [2.45, 2.75) is 44.5 Å². The molecule has 0 aromatic carbocycles. The van der Waals surface area contributed by atoms with Gasteiger partial charge in [0.15, 0.2) is 11.9 Å². The first-order valence-electron chi connectivity index (χ1n) is 6.53. The first-order valence-corrected chi connectivity index (χ1v) is 6.53. The lowest BCUT2D eigenvalue weighted by Gasteiger charge is -2.22. The number of rotatable bonds is 6. The smallest absolute Gasteiger partial charge is 0.378 e. The van der Waals surface area contributed by atoms with Gasteiger partial charge in [0.25, 0.3) is 0 Å². The molecule has 0 bridgehead atoms. The second-order valence-corrected chi connectivity index (χ2v) is 5.79. The highest BCUT2D eigenvalue weighted by Gasteiger charge is 2.78. The second-order valence-electron chi connectivity index (χ2n) is 5.79. The third-order valence-electron chi connectivity index (χ3n) is 4.13. The van der Waals surface area contributed by atoms with E-state index in [0.717, 1.165) is 0 Å². The maximum Gasteiger partial charge on any atom is 0.378 e. The first-order chi connectivity index (χ1) is 9.64. The van der Waals surface area contributed by atoms with Crippen LogP contribution in [0.25, 0.3) is 0 Å². The standard InChI is InChI=1S/C13H18O8/c1-12(2)11(18)13(12,19)9-8(7(16)10(17)21-9)20-5-3-4-6(14)15/h9,11,16,18-19H,3-5H2,1-2H3,(H,14,15)/t9-,11?,13+/m0/s1. The quantitative estimate of drug-likeness (QED) is 0.388. The molecule has 0 spiro atoms. The van der Waals surface area contributed by atoms with Crippen molar-refractivity contribution in [3.05, 3.63) is 11.5 Å². The van der Waals surface area contributed by atoms with Crippen LogP contribution < -0.4 is 0 Å². The topological polar surface area (TPSA) is 134 Å². The van der Waals surface area contributed by atoms with E-state index in [-0.39, 0.29) is 25.2 Å². The third kappa shape index (κ3) is 2.24. The van der Waals surface area contributed by atoms with Crippen molar-refractivity contribution >= 4 is 11.9 Å². The number of aliphatic hydroxyl groups is 3. The lowest BCUT2D eigenvalue weighted by atomic mass is 10.0. The number of cyclic esters (lactones) is 1. The Kier molecular flexibility index (Phi) is 3.63. The van der Waals surface area contributed by atoms with Gasteiger partial charge in [0, 0.05) is 11.8 Å². The van der Waals surface area contributed by atoms with Gasteiger partial charge in [-0.25, -0.2) is 4.79 Å². The van der Waals surface area contributed by atoms with Crippen molar-refractivity contribution in [2.24, 2.45) is 5.41 Å². The van der Waals surface area contributed by atoms with E-state index in [1.165, 1.54) is 0 Å². The average molecular weight is 302 g/mol. The average Bonchev–Trinajstić information content (AvgIpc) is 2.67. The van der Waals surface area contributed by atoms with Gasteiger partial charge in [-0.1, -0.05) is 13.8 Å². The molecule has 1 heterocycles. The predicted octanol–water partition coefficient (Wildman–Crippen LogP) is -0.305. The summed E-state index contributed by atoms with van der Waals surface area (Å²) < 4.78 is 10.1. The zero-order valence-corrected chi connectivity index (χ0v) is 11.7. The summed E-state index contributed by atoms with van der Waals surface area (Å²) in [4.78, 5) is 21.8. The summed E-state index contributed by atoms with van der Waals surface area (Å²) in [5.74, 6) is -3.07. The number of aliphatic hydroxyl groups excluding tert-OH is 2. The van der Waals surface area contributed by atoms with Gasteiger partial charge in [-0.15, -0.1) is 0 Å². The Morgan fingerprint density at radius 2 is 2.00 bits per heavy atom. The SMILES string of the molecule is CC1(C)C(O)[C@]1(O)[C@H]1OC(=O)C(O)=C1OCCCC(=O)O.